The summed E-state index contributed by atoms with van der Waals surface area (Å²) in [6.07, 6.45) is 5.63. The van der Waals surface area contributed by atoms with Gasteiger partial charge in [0.25, 0.3) is 0 Å². The molecule has 3 heteroatoms. The second-order valence-electron chi connectivity index (χ2n) is 5.20. The van der Waals surface area contributed by atoms with E-state index >= 15 is 0 Å². The summed E-state index contributed by atoms with van der Waals surface area (Å²) in [4.78, 5) is 2.24. The first kappa shape index (κ1) is 16.4. The molecule has 114 valence electrons. The highest BCUT2D eigenvalue weighted by atomic mass is 35.5. The Labute approximate surface area is 137 Å². The van der Waals surface area contributed by atoms with Crippen molar-refractivity contribution >= 4 is 17.3 Å². The largest absolute Gasteiger partial charge is 0.392 e. The molecular formula is C19H20ClNO. The maximum absolute atomic E-state index is 9.43. The summed E-state index contributed by atoms with van der Waals surface area (Å²) in [5, 5.41) is 10.2. The summed E-state index contributed by atoms with van der Waals surface area (Å²) in [7, 11) is 0. The van der Waals surface area contributed by atoms with Crippen LogP contribution >= 0.6 is 11.6 Å². The van der Waals surface area contributed by atoms with Crippen molar-refractivity contribution in [2.24, 2.45) is 0 Å². The van der Waals surface area contributed by atoms with E-state index in [1.807, 2.05) is 37.3 Å². The van der Waals surface area contributed by atoms with Gasteiger partial charge in [-0.15, -0.1) is 6.42 Å². The van der Waals surface area contributed by atoms with E-state index in [9.17, 15) is 5.11 Å². The third kappa shape index (κ3) is 3.44. The molecule has 1 N–H and O–H groups in total. The van der Waals surface area contributed by atoms with Gasteiger partial charge in [-0.1, -0.05) is 35.7 Å². The Hall–Kier alpha value is -1.95. The standard InChI is InChI=1S/C19H20ClNO/c1-4-18-15(7-6-8-16(18)13-22)12-21(5-2)17-9-10-19(20)14(3)11-17/h1,6-11,22H,5,12-13H2,2-3H3. The van der Waals surface area contributed by atoms with Crippen molar-refractivity contribution in [2.45, 2.75) is 27.0 Å². The lowest BCUT2D eigenvalue weighted by molar-refractivity contribution is 0.281. The van der Waals surface area contributed by atoms with E-state index < -0.39 is 0 Å². The molecule has 0 aliphatic carbocycles. The van der Waals surface area contributed by atoms with Crippen LogP contribution < -0.4 is 4.90 Å². The smallest absolute Gasteiger partial charge is 0.0694 e. The van der Waals surface area contributed by atoms with Crippen molar-refractivity contribution < 1.29 is 5.11 Å². The SMILES string of the molecule is C#Cc1c(CO)cccc1CN(CC)c1ccc(Cl)c(C)c1. The maximum Gasteiger partial charge on any atom is 0.0694 e. The topological polar surface area (TPSA) is 23.5 Å². The van der Waals surface area contributed by atoms with Gasteiger partial charge in [-0.25, -0.2) is 0 Å². The quantitative estimate of drug-likeness (QED) is 0.838. The minimum Gasteiger partial charge on any atom is -0.392 e. The van der Waals surface area contributed by atoms with Crippen LogP contribution in [0, 0.1) is 19.3 Å². The fourth-order valence-electron chi connectivity index (χ4n) is 2.52. The number of hydrogen-bond donors (Lipinski definition) is 1. The molecular weight excluding hydrogens is 294 g/mol. The number of benzene rings is 2. The molecule has 0 radical (unpaired) electrons. The molecule has 0 unspecified atom stereocenters. The first-order valence-corrected chi connectivity index (χ1v) is 7.67. The van der Waals surface area contributed by atoms with Gasteiger partial charge < -0.3 is 10.0 Å². The zero-order chi connectivity index (χ0) is 16.1. The summed E-state index contributed by atoms with van der Waals surface area (Å²) >= 11 is 6.10. The van der Waals surface area contributed by atoms with E-state index in [2.05, 4.69) is 23.8 Å². The van der Waals surface area contributed by atoms with Crippen LogP contribution in [0.25, 0.3) is 0 Å². The van der Waals surface area contributed by atoms with Crippen LogP contribution in [0.1, 0.15) is 29.2 Å². The summed E-state index contributed by atoms with van der Waals surface area (Å²) < 4.78 is 0. The van der Waals surface area contributed by atoms with Crippen molar-refractivity contribution in [1.82, 2.24) is 0 Å². The Morgan fingerprint density at radius 1 is 1.23 bits per heavy atom. The van der Waals surface area contributed by atoms with E-state index in [-0.39, 0.29) is 6.61 Å². The first-order chi connectivity index (χ1) is 10.6. The third-order valence-corrected chi connectivity index (χ3v) is 4.23. The first-order valence-electron chi connectivity index (χ1n) is 7.30. The molecule has 0 spiro atoms. The van der Waals surface area contributed by atoms with Crippen LogP contribution in [0.5, 0.6) is 0 Å². The molecule has 2 aromatic carbocycles. The van der Waals surface area contributed by atoms with Crippen molar-refractivity contribution in [1.29, 1.82) is 0 Å². The fourth-order valence-corrected chi connectivity index (χ4v) is 2.64. The number of aliphatic hydroxyl groups excluding tert-OH is 1. The second kappa shape index (κ2) is 7.35. The molecule has 0 atom stereocenters. The van der Waals surface area contributed by atoms with Crippen molar-refractivity contribution in [3.8, 4) is 12.3 Å². The van der Waals surface area contributed by atoms with Crippen LogP contribution in [0.4, 0.5) is 5.69 Å². The van der Waals surface area contributed by atoms with Gasteiger partial charge >= 0.3 is 0 Å². The maximum atomic E-state index is 9.43. The Balaban J connectivity index is 2.35. The molecule has 0 amide bonds. The number of aryl methyl sites for hydroxylation is 1. The van der Waals surface area contributed by atoms with Gasteiger partial charge in [0, 0.05) is 29.4 Å². The van der Waals surface area contributed by atoms with Crippen LogP contribution in [-0.2, 0) is 13.2 Å². The summed E-state index contributed by atoms with van der Waals surface area (Å²) in [5.41, 5.74) is 4.79. The number of halogens is 1. The zero-order valence-corrected chi connectivity index (χ0v) is 13.7. The van der Waals surface area contributed by atoms with Gasteiger partial charge in [-0.05, 0) is 48.7 Å². The molecule has 22 heavy (non-hydrogen) atoms. The van der Waals surface area contributed by atoms with Crippen molar-refractivity contribution in [3.05, 3.63) is 63.7 Å². The minimum atomic E-state index is -0.0421. The Kier molecular flexibility index (Phi) is 5.49. The number of hydrogen-bond acceptors (Lipinski definition) is 2. The number of terminal acetylenes is 1. The normalized spacial score (nSPS) is 10.3. The zero-order valence-electron chi connectivity index (χ0n) is 12.9. The van der Waals surface area contributed by atoms with Crippen LogP contribution in [0.3, 0.4) is 0 Å². The predicted octanol–water partition coefficient (Wildman–Crippen LogP) is 4.15. The minimum absolute atomic E-state index is 0.0421. The number of anilines is 1. The van der Waals surface area contributed by atoms with E-state index in [1.165, 1.54) is 0 Å². The monoisotopic (exact) mass is 313 g/mol. The van der Waals surface area contributed by atoms with E-state index in [1.54, 1.807) is 0 Å². The van der Waals surface area contributed by atoms with Gasteiger partial charge in [0.15, 0.2) is 0 Å². The molecule has 0 saturated heterocycles. The third-order valence-electron chi connectivity index (χ3n) is 3.80. The van der Waals surface area contributed by atoms with Gasteiger partial charge in [-0.3, -0.25) is 0 Å². The summed E-state index contributed by atoms with van der Waals surface area (Å²) in [5.74, 6) is 2.71. The van der Waals surface area contributed by atoms with Crippen LogP contribution in [0.2, 0.25) is 5.02 Å². The molecule has 0 bridgehead atoms. The predicted molar refractivity (Wildman–Crippen MR) is 93.2 cm³/mol. The highest BCUT2D eigenvalue weighted by Gasteiger charge is 2.11. The number of aliphatic hydroxyl groups is 1. The number of nitrogens with zero attached hydrogens (tertiary/aromatic N) is 1. The molecule has 0 aliphatic heterocycles. The van der Waals surface area contributed by atoms with Gasteiger partial charge in [0.05, 0.1) is 6.61 Å². The van der Waals surface area contributed by atoms with Crippen LogP contribution in [0.15, 0.2) is 36.4 Å². The second-order valence-corrected chi connectivity index (χ2v) is 5.61. The lowest BCUT2D eigenvalue weighted by Gasteiger charge is -2.25. The molecule has 0 saturated carbocycles. The fraction of sp³-hybridized carbons (Fsp3) is 0.263. The van der Waals surface area contributed by atoms with E-state index in [4.69, 9.17) is 18.0 Å². The van der Waals surface area contributed by atoms with Crippen molar-refractivity contribution in [3.63, 3.8) is 0 Å². The highest BCUT2D eigenvalue weighted by Crippen LogP contribution is 2.25. The van der Waals surface area contributed by atoms with E-state index in [0.29, 0.717) is 6.54 Å². The molecule has 0 fully saturated rings. The average molecular weight is 314 g/mol. The molecule has 0 heterocycles. The Morgan fingerprint density at radius 2 is 1.95 bits per heavy atom. The molecule has 2 aromatic rings. The lowest BCUT2D eigenvalue weighted by Crippen LogP contribution is -2.22. The molecule has 0 aromatic heterocycles. The van der Waals surface area contributed by atoms with Crippen molar-refractivity contribution in [2.75, 3.05) is 11.4 Å². The number of rotatable bonds is 5. The molecule has 2 rings (SSSR count). The Morgan fingerprint density at radius 3 is 2.55 bits per heavy atom. The summed E-state index contributed by atoms with van der Waals surface area (Å²) in [6, 6.07) is 11.8. The highest BCUT2D eigenvalue weighted by molar-refractivity contribution is 6.31. The average Bonchev–Trinajstić information content (AvgIpc) is 2.54. The van der Waals surface area contributed by atoms with Gasteiger partial charge in [0.1, 0.15) is 0 Å². The summed E-state index contributed by atoms with van der Waals surface area (Å²) in [6.45, 7) is 5.62. The van der Waals surface area contributed by atoms with Gasteiger partial charge in [-0.2, -0.15) is 0 Å². The molecule has 2 nitrogen and oxygen atoms in total. The van der Waals surface area contributed by atoms with E-state index in [0.717, 1.165) is 39.5 Å². The molecule has 0 aliphatic rings. The lowest BCUT2D eigenvalue weighted by atomic mass is 10.0. The van der Waals surface area contributed by atoms with Gasteiger partial charge in [0.2, 0.25) is 0 Å². The Bertz CT molecular complexity index is 703. The van der Waals surface area contributed by atoms with Crippen LogP contribution in [-0.4, -0.2) is 11.7 Å².